The first-order valence-corrected chi connectivity index (χ1v) is 8.93. The van der Waals surface area contributed by atoms with Crippen molar-refractivity contribution in [3.05, 3.63) is 42.2 Å². The van der Waals surface area contributed by atoms with Crippen LogP contribution >= 0.6 is 0 Å². The molecule has 0 radical (unpaired) electrons. The maximum absolute atomic E-state index is 13.7. The molecular formula is C18H19FN8. The van der Waals surface area contributed by atoms with E-state index >= 15 is 0 Å². The molecule has 9 heteroatoms. The smallest absolute Gasteiger partial charge is 0.223 e. The van der Waals surface area contributed by atoms with E-state index in [9.17, 15) is 4.39 Å². The highest BCUT2D eigenvalue weighted by Gasteiger charge is 2.26. The highest BCUT2D eigenvalue weighted by atomic mass is 19.1. The molecule has 138 valence electrons. The summed E-state index contributed by atoms with van der Waals surface area (Å²) in [6.45, 7) is 1.79. The fourth-order valence-corrected chi connectivity index (χ4v) is 3.78. The van der Waals surface area contributed by atoms with Gasteiger partial charge < -0.3 is 10.6 Å². The van der Waals surface area contributed by atoms with Gasteiger partial charge in [0.25, 0.3) is 0 Å². The Bertz CT molecular complexity index is 1150. The highest BCUT2D eigenvalue weighted by molar-refractivity contribution is 5.92. The molecule has 1 aliphatic heterocycles. The van der Waals surface area contributed by atoms with Crippen LogP contribution in [0.3, 0.4) is 0 Å². The first-order valence-electron chi connectivity index (χ1n) is 8.93. The molecule has 3 aromatic heterocycles. The van der Waals surface area contributed by atoms with Gasteiger partial charge in [-0.15, -0.1) is 5.10 Å². The topological polar surface area (TPSA) is 90.2 Å². The summed E-state index contributed by atoms with van der Waals surface area (Å²) in [6.07, 6.45) is 5.92. The zero-order valence-electron chi connectivity index (χ0n) is 14.9. The molecule has 0 spiro atoms. The maximum Gasteiger partial charge on any atom is 0.223 e. The predicted octanol–water partition coefficient (Wildman–Crippen LogP) is 2.12. The van der Waals surface area contributed by atoms with E-state index in [1.54, 1.807) is 10.7 Å². The van der Waals surface area contributed by atoms with Gasteiger partial charge in [0.2, 0.25) is 5.95 Å². The van der Waals surface area contributed by atoms with Gasteiger partial charge in [-0.2, -0.15) is 9.61 Å². The van der Waals surface area contributed by atoms with Gasteiger partial charge in [0.05, 0.1) is 17.4 Å². The van der Waals surface area contributed by atoms with Crippen molar-refractivity contribution < 1.29 is 4.39 Å². The molecule has 2 N–H and O–H groups in total. The van der Waals surface area contributed by atoms with Crippen LogP contribution in [0.2, 0.25) is 0 Å². The number of piperidine rings is 1. The lowest BCUT2D eigenvalue weighted by molar-refractivity contribution is 0.491. The lowest BCUT2D eigenvalue weighted by Crippen LogP contribution is -2.34. The number of aryl methyl sites for hydroxylation is 1. The first kappa shape index (κ1) is 16.0. The molecule has 0 aliphatic carbocycles. The molecule has 4 heterocycles. The van der Waals surface area contributed by atoms with Crippen LogP contribution in [-0.2, 0) is 7.05 Å². The third-order valence-corrected chi connectivity index (χ3v) is 5.12. The number of benzene rings is 1. The van der Waals surface area contributed by atoms with Crippen LogP contribution in [0.25, 0.3) is 16.6 Å². The van der Waals surface area contributed by atoms with E-state index in [-0.39, 0.29) is 17.7 Å². The molecule has 5 rings (SSSR count). The van der Waals surface area contributed by atoms with Gasteiger partial charge in [0.1, 0.15) is 5.82 Å². The molecular weight excluding hydrogens is 347 g/mol. The Balaban J connectivity index is 1.55. The van der Waals surface area contributed by atoms with Gasteiger partial charge in [0.15, 0.2) is 11.5 Å². The number of halogens is 1. The van der Waals surface area contributed by atoms with E-state index in [0.29, 0.717) is 22.4 Å². The summed E-state index contributed by atoms with van der Waals surface area (Å²) >= 11 is 0. The molecule has 8 nitrogen and oxygen atoms in total. The van der Waals surface area contributed by atoms with Gasteiger partial charge in [-0.25, -0.2) is 14.4 Å². The van der Waals surface area contributed by atoms with Gasteiger partial charge >= 0.3 is 0 Å². The maximum atomic E-state index is 13.7. The minimum atomic E-state index is -0.332. The first-order chi connectivity index (χ1) is 13.1. The number of anilines is 2. The summed E-state index contributed by atoms with van der Waals surface area (Å²) < 4.78 is 17.1. The summed E-state index contributed by atoms with van der Waals surface area (Å²) in [5.74, 6) is 0.805. The zero-order valence-corrected chi connectivity index (χ0v) is 14.9. The SMILES string of the molecule is Cn1cc(N2CCC[C@@H](c3nc4c5cc(F)ccc5nc(N)n4n3)C2)cn1. The molecule has 0 saturated carbocycles. The van der Waals surface area contributed by atoms with Gasteiger partial charge in [-0.05, 0) is 31.0 Å². The predicted molar refractivity (Wildman–Crippen MR) is 100 cm³/mol. The molecule has 0 unspecified atom stereocenters. The summed E-state index contributed by atoms with van der Waals surface area (Å²) in [6, 6.07) is 4.41. The molecule has 1 aliphatic rings. The fourth-order valence-electron chi connectivity index (χ4n) is 3.78. The van der Waals surface area contributed by atoms with Crippen molar-refractivity contribution in [1.29, 1.82) is 0 Å². The van der Waals surface area contributed by atoms with Crippen LogP contribution in [0.1, 0.15) is 24.6 Å². The molecule has 0 bridgehead atoms. The second-order valence-electron chi connectivity index (χ2n) is 6.99. The quantitative estimate of drug-likeness (QED) is 0.584. The fraction of sp³-hybridized carbons (Fsp3) is 0.333. The van der Waals surface area contributed by atoms with Crippen LogP contribution in [0.15, 0.2) is 30.6 Å². The van der Waals surface area contributed by atoms with Gasteiger partial charge in [-0.3, -0.25) is 4.68 Å². The Kier molecular flexibility index (Phi) is 3.49. The minimum Gasteiger partial charge on any atom is -0.368 e. The lowest BCUT2D eigenvalue weighted by atomic mass is 9.97. The second-order valence-corrected chi connectivity index (χ2v) is 6.99. The zero-order chi connectivity index (χ0) is 18.5. The summed E-state index contributed by atoms with van der Waals surface area (Å²) in [5, 5.41) is 9.47. The number of hydrogen-bond acceptors (Lipinski definition) is 6. The normalized spacial score (nSPS) is 17.9. The average Bonchev–Trinajstić information content (AvgIpc) is 3.30. The number of nitrogens with two attached hydrogens (primary N) is 1. The third-order valence-electron chi connectivity index (χ3n) is 5.12. The highest BCUT2D eigenvalue weighted by Crippen LogP contribution is 2.30. The second kappa shape index (κ2) is 5.90. The number of rotatable bonds is 2. The standard InChI is InChI=1S/C18H19FN8/c1-25-10-13(8-21-25)26-6-2-3-11(9-26)16-23-17-14-7-12(19)4-5-15(14)22-18(20)27(17)24-16/h4-5,7-8,10-11H,2-3,6,9H2,1H3,(H2,20,22)/t11-/m1/s1. The van der Waals surface area contributed by atoms with Crippen molar-refractivity contribution in [1.82, 2.24) is 29.4 Å². The molecule has 1 atom stereocenters. The molecule has 0 amide bonds. The van der Waals surface area contributed by atoms with E-state index in [2.05, 4.69) is 20.1 Å². The van der Waals surface area contributed by atoms with Crippen molar-refractivity contribution >= 4 is 28.2 Å². The van der Waals surface area contributed by atoms with Crippen molar-refractivity contribution in [3.8, 4) is 0 Å². The Labute approximate surface area is 154 Å². The summed E-state index contributed by atoms with van der Waals surface area (Å²) in [5.41, 5.74) is 8.31. The Morgan fingerprint density at radius 1 is 1.26 bits per heavy atom. The van der Waals surface area contributed by atoms with E-state index in [4.69, 9.17) is 10.7 Å². The van der Waals surface area contributed by atoms with Crippen molar-refractivity contribution in [2.24, 2.45) is 7.05 Å². The number of aromatic nitrogens is 6. The molecule has 1 aromatic carbocycles. The van der Waals surface area contributed by atoms with Crippen LogP contribution in [0, 0.1) is 5.82 Å². The van der Waals surface area contributed by atoms with Gasteiger partial charge in [0, 0.05) is 37.6 Å². The average molecular weight is 366 g/mol. The third kappa shape index (κ3) is 2.66. The molecule has 1 saturated heterocycles. The molecule has 1 fully saturated rings. The van der Waals surface area contributed by atoms with Crippen LogP contribution in [0.4, 0.5) is 16.0 Å². The van der Waals surface area contributed by atoms with E-state index in [1.165, 1.54) is 16.6 Å². The Morgan fingerprint density at radius 2 is 2.15 bits per heavy atom. The monoisotopic (exact) mass is 366 g/mol. The van der Waals surface area contributed by atoms with Crippen LogP contribution < -0.4 is 10.6 Å². The van der Waals surface area contributed by atoms with E-state index in [1.807, 2.05) is 19.4 Å². The summed E-state index contributed by atoms with van der Waals surface area (Å²) in [4.78, 5) is 11.3. The van der Waals surface area contributed by atoms with Gasteiger partial charge in [-0.1, -0.05) is 0 Å². The molecule has 4 aromatic rings. The molecule has 27 heavy (non-hydrogen) atoms. The van der Waals surface area contributed by atoms with Crippen molar-refractivity contribution in [2.45, 2.75) is 18.8 Å². The summed E-state index contributed by atoms with van der Waals surface area (Å²) in [7, 11) is 1.91. The van der Waals surface area contributed by atoms with Crippen LogP contribution in [-0.4, -0.2) is 42.5 Å². The Morgan fingerprint density at radius 3 is 2.96 bits per heavy atom. The van der Waals surface area contributed by atoms with Crippen molar-refractivity contribution in [2.75, 3.05) is 23.7 Å². The van der Waals surface area contributed by atoms with E-state index in [0.717, 1.165) is 31.6 Å². The minimum absolute atomic E-state index is 0.168. The number of hydrogen-bond donors (Lipinski definition) is 1. The number of nitrogen functional groups attached to an aromatic ring is 1. The largest absolute Gasteiger partial charge is 0.368 e. The lowest BCUT2D eigenvalue weighted by Gasteiger charge is -2.32. The van der Waals surface area contributed by atoms with E-state index < -0.39 is 0 Å². The van der Waals surface area contributed by atoms with Crippen LogP contribution in [0.5, 0.6) is 0 Å². The Hall–Kier alpha value is -3.23. The van der Waals surface area contributed by atoms with Crippen molar-refractivity contribution in [3.63, 3.8) is 0 Å². The number of fused-ring (bicyclic) bond motifs is 3. The number of nitrogens with zero attached hydrogens (tertiary/aromatic N) is 7.